The third-order valence-corrected chi connectivity index (χ3v) is 7.58. The van der Waals surface area contributed by atoms with E-state index in [1.165, 1.54) is 0 Å². The third-order valence-electron chi connectivity index (χ3n) is 7.22. The van der Waals surface area contributed by atoms with Crippen molar-refractivity contribution < 1.29 is 15.3 Å². The zero-order valence-electron chi connectivity index (χ0n) is 21.4. The Bertz CT molecular complexity index is 1180. The Balaban J connectivity index is 2.17. The van der Waals surface area contributed by atoms with Crippen LogP contribution in [0.3, 0.4) is 0 Å². The lowest BCUT2D eigenvalue weighted by Gasteiger charge is -2.39. The van der Waals surface area contributed by atoms with Crippen molar-refractivity contribution in [2.24, 2.45) is 0 Å². The Kier molecular flexibility index (Phi) is 6.48. The fourth-order valence-electron chi connectivity index (χ4n) is 5.25. The van der Waals surface area contributed by atoms with Crippen molar-refractivity contribution in [1.82, 2.24) is 0 Å². The molecule has 1 unspecified atom stereocenters. The number of hydrogen-bond acceptors (Lipinski definition) is 4. The van der Waals surface area contributed by atoms with Crippen LogP contribution in [0.4, 0.5) is 5.69 Å². The fourth-order valence-corrected chi connectivity index (χ4v) is 5.63. The number of alkyl halides is 1. The van der Waals surface area contributed by atoms with Crippen LogP contribution in [0.15, 0.2) is 60.7 Å². The number of phenolic OH excluding ortho intramolecular Hbond substituents is 2. The van der Waals surface area contributed by atoms with Gasteiger partial charge in [0.1, 0.15) is 17.7 Å². The summed E-state index contributed by atoms with van der Waals surface area (Å²) in [5.74, 6) is 0.182. The second-order valence-corrected chi connectivity index (χ2v) is 12.3. The normalized spacial score (nSPS) is 17.5. The van der Waals surface area contributed by atoms with Crippen LogP contribution in [0, 0.1) is 0 Å². The number of phenols is 2. The maximum Gasteiger partial charge on any atom is 0.145 e. The average Bonchev–Trinajstić information content (AvgIpc) is 3.02. The van der Waals surface area contributed by atoms with Gasteiger partial charge in [0.2, 0.25) is 0 Å². The summed E-state index contributed by atoms with van der Waals surface area (Å²) >= 11 is 3.54. The van der Waals surface area contributed by atoms with E-state index in [-0.39, 0.29) is 22.3 Å². The first kappa shape index (κ1) is 25.6. The molecule has 1 atom stereocenters. The molecule has 4 nitrogen and oxygen atoms in total. The number of aromatic hydroxyl groups is 2. The molecule has 0 fully saturated rings. The number of halogens is 1. The molecule has 0 aromatic heterocycles. The lowest BCUT2D eigenvalue weighted by atomic mass is 9.67. The smallest absolute Gasteiger partial charge is 0.145 e. The fraction of sp³-hybridized carbons (Fsp3) is 0.400. The molecule has 4 rings (SSSR count). The van der Waals surface area contributed by atoms with Crippen molar-refractivity contribution in [2.75, 3.05) is 16.8 Å². The Morgan fingerprint density at radius 2 is 1.26 bits per heavy atom. The Labute approximate surface area is 217 Å². The van der Waals surface area contributed by atoms with Crippen molar-refractivity contribution in [3.8, 4) is 11.5 Å². The van der Waals surface area contributed by atoms with Gasteiger partial charge in [-0.3, -0.25) is 0 Å². The third kappa shape index (κ3) is 4.13. The van der Waals surface area contributed by atoms with E-state index in [0.29, 0.717) is 23.0 Å². The highest BCUT2D eigenvalue weighted by Crippen LogP contribution is 2.57. The monoisotopic (exact) mass is 537 g/mol. The van der Waals surface area contributed by atoms with Crippen LogP contribution in [0.5, 0.6) is 11.5 Å². The molecular formula is C30H36BrNO3. The van der Waals surface area contributed by atoms with Crippen molar-refractivity contribution in [3.63, 3.8) is 0 Å². The Morgan fingerprint density at radius 1 is 0.771 bits per heavy atom. The SMILES string of the molecule is CC(C)(C)c1ccc(O)c(C2(c3cc(C(C)(C)C)ccc3O)c3ccccc3N(CCBr)C2O)c1. The molecule has 0 saturated heterocycles. The number of rotatable bonds is 4. The van der Waals surface area contributed by atoms with Gasteiger partial charge in [0.15, 0.2) is 0 Å². The summed E-state index contributed by atoms with van der Waals surface area (Å²) < 4.78 is 0. The molecule has 0 bridgehead atoms. The molecule has 5 heteroatoms. The number of anilines is 1. The van der Waals surface area contributed by atoms with Gasteiger partial charge in [-0.05, 0) is 45.7 Å². The Hall–Kier alpha value is -2.50. The predicted molar refractivity (Wildman–Crippen MR) is 147 cm³/mol. The minimum absolute atomic E-state index is 0.0908. The number of para-hydroxylation sites is 1. The highest BCUT2D eigenvalue weighted by Gasteiger charge is 2.55. The molecule has 35 heavy (non-hydrogen) atoms. The first-order chi connectivity index (χ1) is 16.3. The quantitative estimate of drug-likeness (QED) is 0.329. The second-order valence-electron chi connectivity index (χ2n) is 11.5. The molecule has 0 amide bonds. The Morgan fingerprint density at radius 3 is 1.71 bits per heavy atom. The van der Waals surface area contributed by atoms with E-state index in [2.05, 4.69) is 57.5 Å². The second kappa shape index (κ2) is 8.86. The van der Waals surface area contributed by atoms with Crippen molar-refractivity contribution in [1.29, 1.82) is 0 Å². The van der Waals surface area contributed by atoms with Crippen molar-refractivity contribution >= 4 is 21.6 Å². The van der Waals surface area contributed by atoms with Gasteiger partial charge in [0.25, 0.3) is 0 Å². The average molecular weight is 539 g/mol. The van der Waals surface area contributed by atoms with Gasteiger partial charge in [-0.25, -0.2) is 0 Å². The molecule has 1 heterocycles. The summed E-state index contributed by atoms with van der Waals surface area (Å²) in [6.45, 7) is 13.3. The molecule has 3 aromatic rings. The minimum Gasteiger partial charge on any atom is -0.508 e. The topological polar surface area (TPSA) is 63.9 Å². The lowest BCUT2D eigenvalue weighted by molar-refractivity contribution is 0.127. The molecule has 0 spiro atoms. The van der Waals surface area contributed by atoms with Gasteiger partial charge in [0, 0.05) is 28.7 Å². The number of hydrogen-bond donors (Lipinski definition) is 3. The van der Waals surface area contributed by atoms with Gasteiger partial charge in [-0.1, -0.05) is 99.9 Å². The highest BCUT2D eigenvalue weighted by atomic mass is 79.9. The zero-order valence-corrected chi connectivity index (χ0v) is 23.0. The number of aliphatic hydroxyl groups is 1. The number of aliphatic hydroxyl groups excluding tert-OH is 1. The van der Waals surface area contributed by atoms with Crippen LogP contribution in [-0.4, -0.2) is 33.4 Å². The van der Waals surface area contributed by atoms with Crippen LogP contribution < -0.4 is 4.90 Å². The molecule has 0 saturated carbocycles. The highest BCUT2D eigenvalue weighted by molar-refractivity contribution is 9.09. The summed E-state index contributed by atoms with van der Waals surface area (Å²) in [4.78, 5) is 1.95. The molecular weight excluding hydrogens is 502 g/mol. The summed E-state index contributed by atoms with van der Waals surface area (Å²) in [5.41, 5.74) is 3.47. The van der Waals surface area contributed by atoms with E-state index >= 15 is 0 Å². The van der Waals surface area contributed by atoms with Crippen LogP contribution in [0.1, 0.15) is 69.4 Å². The van der Waals surface area contributed by atoms with E-state index in [0.717, 1.165) is 22.4 Å². The van der Waals surface area contributed by atoms with E-state index in [4.69, 9.17) is 0 Å². The maximum atomic E-state index is 12.2. The van der Waals surface area contributed by atoms with Gasteiger partial charge in [-0.2, -0.15) is 0 Å². The van der Waals surface area contributed by atoms with Crippen molar-refractivity contribution in [3.05, 3.63) is 88.5 Å². The van der Waals surface area contributed by atoms with Crippen LogP contribution in [0.25, 0.3) is 0 Å². The minimum atomic E-state index is -1.20. The van der Waals surface area contributed by atoms with Gasteiger partial charge >= 0.3 is 0 Å². The molecule has 1 aliphatic heterocycles. The molecule has 186 valence electrons. The molecule has 1 aliphatic rings. The predicted octanol–water partition coefficient (Wildman–Crippen LogP) is 6.56. The molecule has 3 aromatic carbocycles. The largest absolute Gasteiger partial charge is 0.508 e. The summed E-state index contributed by atoms with van der Waals surface area (Å²) in [6, 6.07) is 19.2. The van der Waals surface area contributed by atoms with Gasteiger partial charge in [0.05, 0.1) is 5.41 Å². The summed E-state index contributed by atoms with van der Waals surface area (Å²) in [6.07, 6.45) is -1.04. The zero-order chi connectivity index (χ0) is 25.8. The van der Waals surface area contributed by atoms with Gasteiger partial charge in [-0.15, -0.1) is 0 Å². The lowest BCUT2D eigenvalue weighted by Crippen LogP contribution is -2.47. The van der Waals surface area contributed by atoms with Gasteiger partial charge < -0.3 is 20.2 Å². The summed E-state index contributed by atoms with van der Waals surface area (Å²) in [7, 11) is 0. The van der Waals surface area contributed by atoms with Crippen LogP contribution >= 0.6 is 15.9 Å². The van der Waals surface area contributed by atoms with E-state index in [9.17, 15) is 15.3 Å². The van der Waals surface area contributed by atoms with Crippen molar-refractivity contribution in [2.45, 2.75) is 64.0 Å². The van der Waals surface area contributed by atoms with E-state index < -0.39 is 11.6 Å². The molecule has 3 N–H and O–H groups in total. The first-order valence-electron chi connectivity index (χ1n) is 12.1. The van der Waals surface area contributed by atoms with Crippen LogP contribution in [-0.2, 0) is 16.2 Å². The maximum absolute atomic E-state index is 12.2. The molecule has 0 radical (unpaired) electrons. The first-order valence-corrected chi connectivity index (χ1v) is 13.2. The molecule has 0 aliphatic carbocycles. The van der Waals surface area contributed by atoms with Crippen LogP contribution in [0.2, 0.25) is 0 Å². The number of benzene rings is 3. The summed E-state index contributed by atoms with van der Waals surface area (Å²) in [5, 5.41) is 35.5. The number of fused-ring (bicyclic) bond motifs is 1. The van der Waals surface area contributed by atoms with E-state index in [1.807, 2.05) is 53.4 Å². The standard InChI is InChI=1S/C30H36BrNO3/c1-28(2,3)19-11-13-25(33)22(17-19)30(23-18-20(29(4,5)6)12-14-26(23)34)21-9-7-8-10-24(21)32(16-15-31)27(30)35/h7-14,17-18,27,33-35H,15-16H2,1-6H3. The number of nitrogens with zero attached hydrogens (tertiary/aromatic N) is 1. The van der Waals surface area contributed by atoms with E-state index in [1.54, 1.807) is 12.1 Å².